The fraction of sp³-hybridized carbons (Fsp3) is 0.600. The number of Topliss-reactive ketones (excluding diaryl/α,β-unsaturated/α-hetero) is 1. The Balaban J connectivity index is 1.74. The molecule has 1 fully saturated rings. The van der Waals surface area contributed by atoms with Crippen molar-refractivity contribution in [1.82, 2.24) is 0 Å². The van der Waals surface area contributed by atoms with Gasteiger partial charge in [0, 0.05) is 19.3 Å². The molecule has 0 bridgehead atoms. The van der Waals surface area contributed by atoms with Crippen LogP contribution in [-0.2, 0) is 46.2 Å². The van der Waals surface area contributed by atoms with E-state index < -0.39 is 37.2 Å². The van der Waals surface area contributed by atoms with Crippen LogP contribution in [0.5, 0.6) is 0 Å². The average Bonchev–Trinajstić information content (AvgIpc) is 3.51. The van der Waals surface area contributed by atoms with Gasteiger partial charge in [0.2, 0.25) is 0 Å². The van der Waals surface area contributed by atoms with Crippen molar-refractivity contribution in [2.45, 2.75) is 140 Å². The molecule has 0 aliphatic carbocycles. The van der Waals surface area contributed by atoms with Crippen molar-refractivity contribution in [3.63, 3.8) is 0 Å². The van der Waals surface area contributed by atoms with Gasteiger partial charge in [0.15, 0.2) is 19.7 Å². The van der Waals surface area contributed by atoms with E-state index in [1.165, 1.54) is 14.0 Å². The van der Waals surface area contributed by atoms with Gasteiger partial charge in [0.1, 0.15) is 6.10 Å². The highest BCUT2D eigenvalue weighted by atomic mass is 28.4. The molecule has 0 radical (unpaired) electrons. The summed E-state index contributed by atoms with van der Waals surface area (Å²) < 4.78 is 30.8. The zero-order valence-corrected chi connectivity index (χ0v) is 31.9. The molecule has 0 saturated carbocycles. The summed E-state index contributed by atoms with van der Waals surface area (Å²) in [5.41, 5.74) is -0.708. The third-order valence-electron chi connectivity index (χ3n) is 10.0. The molecule has 1 aliphatic heterocycles. The van der Waals surface area contributed by atoms with Crippen molar-refractivity contribution in [2.24, 2.45) is 0 Å². The maximum Gasteiger partial charge on any atom is 0.337 e. The van der Waals surface area contributed by atoms with Gasteiger partial charge in [-0.05, 0) is 69.3 Å². The van der Waals surface area contributed by atoms with Gasteiger partial charge in [-0.2, -0.15) is 0 Å². The van der Waals surface area contributed by atoms with Crippen LogP contribution in [0.4, 0.5) is 0 Å². The highest BCUT2D eigenvalue weighted by molar-refractivity contribution is 6.73. The Morgan fingerprint density at radius 2 is 1.59 bits per heavy atom. The van der Waals surface area contributed by atoms with Crippen LogP contribution in [0.15, 0.2) is 72.8 Å². The second-order valence-corrected chi connectivity index (χ2v) is 19.0. The fourth-order valence-corrected chi connectivity index (χ4v) is 9.26. The molecule has 1 heterocycles. The third kappa shape index (κ3) is 12.9. The predicted octanol–water partition coefficient (Wildman–Crippen LogP) is 8.12. The first-order valence-electron chi connectivity index (χ1n) is 18.0. The summed E-state index contributed by atoms with van der Waals surface area (Å²) >= 11 is 0. The van der Waals surface area contributed by atoms with Gasteiger partial charge < -0.3 is 28.5 Å². The number of carbonyl (C=O) groups is 2. The van der Waals surface area contributed by atoms with E-state index in [1.807, 2.05) is 73.7 Å². The number of carbonyl (C=O) groups excluding carboxylic acids is 2. The Kier molecular flexibility index (Phi) is 15.9. The molecule has 2 aromatic rings. The molecule has 1 saturated heterocycles. The lowest BCUT2D eigenvalue weighted by Gasteiger charge is -2.38. The molecule has 8 nitrogen and oxygen atoms in total. The van der Waals surface area contributed by atoms with E-state index in [0.29, 0.717) is 45.5 Å². The van der Waals surface area contributed by atoms with Crippen LogP contribution >= 0.6 is 0 Å². The zero-order chi connectivity index (χ0) is 36.0. The molecule has 9 heteroatoms. The summed E-state index contributed by atoms with van der Waals surface area (Å²) in [6.07, 6.45) is 5.77. The fourth-order valence-electron chi connectivity index (χ4n) is 6.45. The lowest BCUT2D eigenvalue weighted by Crippen LogP contribution is -2.43. The summed E-state index contributed by atoms with van der Waals surface area (Å²) in [6.45, 7) is 13.4. The van der Waals surface area contributed by atoms with Crippen LogP contribution in [0.25, 0.3) is 0 Å². The minimum atomic E-state index is -2.07. The predicted molar refractivity (Wildman–Crippen MR) is 196 cm³/mol. The van der Waals surface area contributed by atoms with E-state index in [0.717, 1.165) is 35.7 Å². The normalized spacial score (nSPS) is 21.3. The quantitative estimate of drug-likeness (QED) is 0.0749. The van der Waals surface area contributed by atoms with Crippen molar-refractivity contribution in [1.29, 1.82) is 0 Å². The van der Waals surface area contributed by atoms with Crippen LogP contribution in [0.3, 0.4) is 0 Å². The second-order valence-electron chi connectivity index (χ2n) is 14.3. The van der Waals surface area contributed by atoms with Crippen molar-refractivity contribution in [3.8, 4) is 0 Å². The largest absolute Gasteiger partial charge is 0.467 e. The van der Waals surface area contributed by atoms with E-state index in [4.69, 9.17) is 23.4 Å². The minimum Gasteiger partial charge on any atom is -0.467 e. The van der Waals surface area contributed by atoms with Crippen molar-refractivity contribution < 1.29 is 38.1 Å². The number of rotatable bonds is 22. The lowest BCUT2D eigenvalue weighted by molar-refractivity contribution is -0.160. The maximum absolute atomic E-state index is 13.6. The van der Waals surface area contributed by atoms with Gasteiger partial charge in [0.25, 0.3) is 0 Å². The first-order chi connectivity index (χ1) is 23.3. The molecule has 49 heavy (non-hydrogen) atoms. The SMILES string of the molecule is CC[Si](CC)(CC)O[C@@H](/C=C/C[C@@](C)(O)C(=O)OC)C[C@](C)(CCC(=O)[C@H]1CC[C@](C)(COCc2ccccc2)O1)OCc1ccccc1. The van der Waals surface area contributed by atoms with Crippen LogP contribution in [-0.4, -0.2) is 67.9 Å². The van der Waals surface area contributed by atoms with Crippen LogP contribution in [0, 0.1) is 0 Å². The number of benzene rings is 2. The molecule has 5 atom stereocenters. The Hall–Kier alpha value is -2.66. The number of esters is 1. The maximum atomic E-state index is 13.6. The van der Waals surface area contributed by atoms with E-state index >= 15 is 0 Å². The molecule has 1 aliphatic rings. The van der Waals surface area contributed by atoms with E-state index in [-0.39, 0.29) is 18.3 Å². The average molecular weight is 697 g/mol. The van der Waals surface area contributed by atoms with Crippen LogP contribution in [0.2, 0.25) is 18.1 Å². The summed E-state index contributed by atoms with van der Waals surface area (Å²) in [6, 6.07) is 23.0. The van der Waals surface area contributed by atoms with Gasteiger partial charge in [0.05, 0.1) is 44.2 Å². The number of hydrogen-bond donors (Lipinski definition) is 1. The van der Waals surface area contributed by atoms with Gasteiger partial charge in [-0.25, -0.2) is 4.79 Å². The molecule has 0 spiro atoms. The second kappa shape index (κ2) is 19.1. The minimum absolute atomic E-state index is 0.0721. The number of aliphatic hydroxyl groups is 1. The molecule has 3 rings (SSSR count). The summed E-state index contributed by atoms with van der Waals surface area (Å²) in [4.78, 5) is 25.8. The molecule has 272 valence electrons. The lowest BCUT2D eigenvalue weighted by atomic mass is 9.90. The molecule has 1 N–H and O–H groups in total. The summed E-state index contributed by atoms with van der Waals surface area (Å²) in [7, 11) is -0.799. The third-order valence-corrected chi connectivity index (χ3v) is 14.7. The highest BCUT2D eigenvalue weighted by Gasteiger charge is 2.41. The molecule has 2 aromatic carbocycles. The van der Waals surface area contributed by atoms with E-state index in [2.05, 4.69) is 27.7 Å². The Labute approximate surface area is 295 Å². The first-order valence-corrected chi connectivity index (χ1v) is 20.5. The molecule has 0 amide bonds. The molecular weight excluding hydrogens is 637 g/mol. The van der Waals surface area contributed by atoms with Gasteiger partial charge in [-0.3, -0.25) is 4.79 Å². The number of ether oxygens (including phenoxy) is 4. The number of ketones is 1. The topological polar surface area (TPSA) is 101 Å². The van der Waals surface area contributed by atoms with Gasteiger partial charge in [-0.1, -0.05) is 93.6 Å². The smallest absolute Gasteiger partial charge is 0.337 e. The van der Waals surface area contributed by atoms with Gasteiger partial charge in [-0.15, -0.1) is 0 Å². The van der Waals surface area contributed by atoms with Gasteiger partial charge >= 0.3 is 5.97 Å². The highest BCUT2D eigenvalue weighted by Crippen LogP contribution is 2.35. The van der Waals surface area contributed by atoms with Crippen molar-refractivity contribution in [3.05, 3.63) is 83.9 Å². The molecule has 0 aromatic heterocycles. The summed E-state index contributed by atoms with van der Waals surface area (Å²) in [5, 5.41) is 10.7. The van der Waals surface area contributed by atoms with Crippen molar-refractivity contribution in [2.75, 3.05) is 13.7 Å². The molecule has 0 unspecified atom stereocenters. The van der Waals surface area contributed by atoms with Crippen molar-refractivity contribution >= 4 is 20.1 Å². The standard InChI is InChI=1S/C40H60O8Si/c1-8-49(9-2,10-3)48-34(22-17-25-40(6,43)37(42)44-7)28-38(4,46-30-33-20-15-12-16-21-33)26-23-35(41)36-24-27-39(5,47-36)31-45-29-32-18-13-11-14-19-32/h11-22,34,36,43H,8-10,23-31H2,1-7H3/b22-17+/t34-,36+,38-,39+,40+/m0/s1. The molecular formula is C40H60O8Si. The van der Waals surface area contributed by atoms with Crippen LogP contribution < -0.4 is 0 Å². The monoisotopic (exact) mass is 696 g/mol. The van der Waals surface area contributed by atoms with E-state index in [9.17, 15) is 14.7 Å². The Bertz CT molecular complexity index is 1300. The Morgan fingerprint density at radius 3 is 2.16 bits per heavy atom. The number of hydrogen-bond acceptors (Lipinski definition) is 8. The number of methoxy groups -OCH3 is 1. The summed E-state index contributed by atoms with van der Waals surface area (Å²) in [5.74, 6) is -0.612. The van der Waals surface area contributed by atoms with E-state index in [1.54, 1.807) is 6.08 Å². The Morgan fingerprint density at radius 1 is 1.00 bits per heavy atom. The first kappa shape index (κ1) is 40.8. The van der Waals surface area contributed by atoms with Crippen LogP contribution in [0.1, 0.15) is 91.2 Å². The zero-order valence-electron chi connectivity index (χ0n) is 30.9.